The summed E-state index contributed by atoms with van der Waals surface area (Å²) in [4.78, 5) is 25.8. The molecule has 6 nitrogen and oxygen atoms in total. The highest BCUT2D eigenvalue weighted by atomic mass is 19.4. The molecule has 0 aliphatic carbocycles. The molecule has 0 spiro atoms. The number of hydrogen-bond donors (Lipinski definition) is 0. The van der Waals surface area contributed by atoms with Crippen LogP contribution in [0.15, 0.2) is 63.8 Å². The van der Waals surface area contributed by atoms with Crippen molar-refractivity contribution in [3.63, 3.8) is 0 Å². The predicted octanol–water partition coefficient (Wildman–Crippen LogP) is 6.33. The standard InChI is InChI=1S/C27H21F3O6/c1-14-5-6-17(11-15(14)2)26(32)35-18-8-9-19-21(13-18)36-25(27(28,29)30)23(24(19)31)16-7-10-20(33-3)22(12-16)34-4/h5-13H,1-4H3. The number of rotatable bonds is 5. The van der Waals surface area contributed by atoms with E-state index in [0.717, 1.165) is 17.2 Å². The van der Waals surface area contributed by atoms with Crippen LogP contribution in [0, 0.1) is 13.8 Å². The number of methoxy groups -OCH3 is 2. The summed E-state index contributed by atoms with van der Waals surface area (Å²) >= 11 is 0. The van der Waals surface area contributed by atoms with Gasteiger partial charge >= 0.3 is 12.1 Å². The highest BCUT2D eigenvalue weighted by molar-refractivity contribution is 5.92. The van der Waals surface area contributed by atoms with Crippen LogP contribution in [0.3, 0.4) is 0 Å². The molecule has 0 radical (unpaired) electrons. The van der Waals surface area contributed by atoms with Crippen molar-refractivity contribution >= 4 is 16.9 Å². The molecule has 0 amide bonds. The Morgan fingerprint density at radius 2 is 1.58 bits per heavy atom. The van der Waals surface area contributed by atoms with Crippen molar-refractivity contribution < 1.29 is 36.6 Å². The Hall–Kier alpha value is -4.27. The second kappa shape index (κ2) is 9.41. The first-order valence-corrected chi connectivity index (χ1v) is 10.7. The first kappa shape index (κ1) is 24.8. The fourth-order valence-corrected chi connectivity index (χ4v) is 3.72. The normalized spacial score (nSPS) is 11.4. The minimum Gasteiger partial charge on any atom is -0.493 e. The van der Waals surface area contributed by atoms with Crippen molar-refractivity contribution in [3.05, 3.63) is 87.3 Å². The number of carbonyl (C=O) groups is 1. The van der Waals surface area contributed by atoms with E-state index >= 15 is 0 Å². The molecule has 0 unspecified atom stereocenters. The van der Waals surface area contributed by atoms with Gasteiger partial charge in [-0.1, -0.05) is 12.1 Å². The Bertz CT molecular complexity index is 1540. The van der Waals surface area contributed by atoms with E-state index in [1.165, 1.54) is 44.6 Å². The predicted molar refractivity (Wildman–Crippen MR) is 127 cm³/mol. The van der Waals surface area contributed by atoms with Gasteiger partial charge in [-0.25, -0.2) is 4.79 Å². The first-order valence-electron chi connectivity index (χ1n) is 10.7. The summed E-state index contributed by atoms with van der Waals surface area (Å²) in [6, 6.07) is 12.6. The maximum Gasteiger partial charge on any atom is 0.450 e. The molecule has 4 rings (SSSR count). The van der Waals surface area contributed by atoms with Crippen molar-refractivity contribution in [1.82, 2.24) is 0 Å². The van der Waals surface area contributed by atoms with E-state index in [0.29, 0.717) is 0 Å². The van der Waals surface area contributed by atoms with Crippen LogP contribution in [0.2, 0.25) is 0 Å². The quantitative estimate of drug-likeness (QED) is 0.236. The highest BCUT2D eigenvalue weighted by Crippen LogP contribution is 2.40. The number of halogens is 3. The van der Waals surface area contributed by atoms with Crippen LogP contribution in [0.25, 0.3) is 22.1 Å². The summed E-state index contributed by atoms with van der Waals surface area (Å²) < 4.78 is 62.8. The Morgan fingerprint density at radius 3 is 2.22 bits per heavy atom. The van der Waals surface area contributed by atoms with Crippen molar-refractivity contribution in [2.45, 2.75) is 20.0 Å². The van der Waals surface area contributed by atoms with Crippen molar-refractivity contribution in [2.24, 2.45) is 0 Å². The Labute approximate surface area is 203 Å². The molecule has 0 saturated heterocycles. The molecule has 1 heterocycles. The van der Waals surface area contributed by atoms with Crippen LogP contribution < -0.4 is 19.6 Å². The summed E-state index contributed by atoms with van der Waals surface area (Å²) in [5, 5.41) is -0.112. The molecule has 0 aliphatic heterocycles. The molecule has 0 N–H and O–H groups in total. The molecule has 0 saturated carbocycles. The molecule has 4 aromatic rings. The van der Waals surface area contributed by atoms with Gasteiger partial charge in [0.2, 0.25) is 11.2 Å². The fourth-order valence-electron chi connectivity index (χ4n) is 3.72. The number of benzene rings is 3. The summed E-state index contributed by atoms with van der Waals surface area (Å²) in [5.41, 5.74) is 0.149. The van der Waals surface area contributed by atoms with Crippen LogP contribution in [0.4, 0.5) is 13.2 Å². The summed E-state index contributed by atoms with van der Waals surface area (Å²) in [7, 11) is 2.71. The number of hydrogen-bond acceptors (Lipinski definition) is 6. The minimum atomic E-state index is -4.98. The van der Waals surface area contributed by atoms with E-state index < -0.39 is 28.9 Å². The molecule has 0 bridgehead atoms. The fraction of sp³-hybridized carbons (Fsp3) is 0.185. The van der Waals surface area contributed by atoms with Gasteiger partial charge in [0, 0.05) is 6.07 Å². The Kier molecular flexibility index (Phi) is 6.49. The molecule has 1 aromatic heterocycles. The van der Waals surface area contributed by atoms with Crippen LogP contribution >= 0.6 is 0 Å². The van der Waals surface area contributed by atoms with Gasteiger partial charge in [0.15, 0.2) is 11.5 Å². The van der Waals surface area contributed by atoms with E-state index in [-0.39, 0.29) is 39.3 Å². The second-order valence-corrected chi connectivity index (χ2v) is 8.05. The van der Waals surface area contributed by atoms with Gasteiger partial charge in [0.25, 0.3) is 0 Å². The zero-order chi connectivity index (χ0) is 26.2. The summed E-state index contributed by atoms with van der Waals surface area (Å²) in [6.07, 6.45) is -4.98. The molecule has 3 aromatic carbocycles. The highest BCUT2D eigenvalue weighted by Gasteiger charge is 2.39. The Morgan fingerprint density at radius 1 is 0.861 bits per heavy atom. The van der Waals surface area contributed by atoms with E-state index in [1.807, 2.05) is 13.8 Å². The van der Waals surface area contributed by atoms with Crippen LogP contribution in [0.1, 0.15) is 27.2 Å². The number of ether oxygens (including phenoxy) is 3. The molecule has 36 heavy (non-hydrogen) atoms. The van der Waals surface area contributed by atoms with Gasteiger partial charge in [0.05, 0.1) is 30.7 Å². The number of carbonyl (C=O) groups excluding carboxylic acids is 1. The maximum atomic E-state index is 14.0. The first-order chi connectivity index (χ1) is 17.0. The third-order valence-corrected chi connectivity index (χ3v) is 5.75. The zero-order valence-corrected chi connectivity index (χ0v) is 19.8. The summed E-state index contributed by atoms with van der Waals surface area (Å²) in [5.74, 6) is -1.81. The lowest BCUT2D eigenvalue weighted by molar-refractivity contribution is -0.152. The van der Waals surface area contributed by atoms with Gasteiger partial charge < -0.3 is 18.6 Å². The number of esters is 1. The van der Waals surface area contributed by atoms with Gasteiger partial charge in [-0.3, -0.25) is 4.79 Å². The summed E-state index contributed by atoms with van der Waals surface area (Å²) in [6.45, 7) is 3.73. The molecule has 0 fully saturated rings. The van der Waals surface area contributed by atoms with Gasteiger partial charge in [0.1, 0.15) is 11.3 Å². The molecular formula is C27H21F3O6. The van der Waals surface area contributed by atoms with E-state index in [9.17, 15) is 22.8 Å². The number of aryl methyl sites for hydroxylation is 2. The van der Waals surface area contributed by atoms with Crippen LogP contribution in [0.5, 0.6) is 17.2 Å². The van der Waals surface area contributed by atoms with Gasteiger partial charge in [-0.05, 0) is 66.9 Å². The van der Waals surface area contributed by atoms with Crippen molar-refractivity contribution in [3.8, 4) is 28.4 Å². The lowest BCUT2D eigenvalue weighted by atomic mass is 10.0. The third kappa shape index (κ3) is 4.64. The lowest BCUT2D eigenvalue weighted by Gasteiger charge is -2.15. The van der Waals surface area contributed by atoms with Crippen LogP contribution in [-0.2, 0) is 6.18 Å². The molecule has 186 valence electrons. The van der Waals surface area contributed by atoms with Crippen molar-refractivity contribution in [1.29, 1.82) is 0 Å². The average molecular weight is 498 g/mol. The lowest BCUT2D eigenvalue weighted by Crippen LogP contribution is -2.16. The van der Waals surface area contributed by atoms with E-state index in [4.69, 9.17) is 18.6 Å². The van der Waals surface area contributed by atoms with E-state index in [2.05, 4.69) is 0 Å². The van der Waals surface area contributed by atoms with Gasteiger partial charge in [-0.2, -0.15) is 13.2 Å². The van der Waals surface area contributed by atoms with Crippen LogP contribution in [-0.4, -0.2) is 20.2 Å². The van der Waals surface area contributed by atoms with E-state index in [1.54, 1.807) is 18.2 Å². The monoisotopic (exact) mass is 498 g/mol. The van der Waals surface area contributed by atoms with Crippen molar-refractivity contribution in [2.75, 3.05) is 14.2 Å². The second-order valence-electron chi connectivity index (χ2n) is 8.05. The number of alkyl halides is 3. The SMILES string of the molecule is COc1ccc(-c2c(C(F)(F)F)oc3cc(OC(=O)c4ccc(C)c(C)c4)ccc3c2=O)cc1OC. The zero-order valence-electron chi connectivity index (χ0n) is 19.8. The van der Waals surface area contributed by atoms with Gasteiger partial charge in [-0.15, -0.1) is 0 Å². The maximum absolute atomic E-state index is 14.0. The molecule has 0 aliphatic rings. The minimum absolute atomic E-state index is 0.0547. The molecule has 0 atom stereocenters. The molecular weight excluding hydrogens is 477 g/mol. The average Bonchev–Trinajstić information content (AvgIpc) is 2.84. The smallest absolute Gasteiger partial charge is 0.450 e. The number of fused-ring (bicyclic) bond motifs is 1. The molecule has 9 heteroatoms. The topological polar surface area (TPSA) is 75.0 Å². The Balaban J connectivity index is 1.82. The largest absolute Gasteiger partial charge is 0.493 e. The third-order valence-electron chi connectivity index (χ3n) is 5.75.